The Labute approximate surface area is 117 Å². The van der Waals surface area contributed by atoms with Crippen LogP contribution >= 0.6 is 0 Å². The molecule has 2 atom stereocenters. The minimum atomic E-state index is -0.136. The molecule has 3 rings (SSSR count). The third kappa shape index (κ3) is 2.38. The summed E-state index contributed by atoms with van der Waals surface area (Å²) in [6, 6.07) is 3.39. The normalized spacial score (nSPS) is 24.4. The van der Waals surface area contributed by atoms with E-state index in [0.29, 0.717) is 42.7 Å². The standard InChI is InChI=1S/C14H18N2O4/c1-8-9(2-3-18-8)14(17)16-11-7-13-12(6-10(11)15)19-4-5-20-13/h6-9H,2-5,15H2,1H3,(H,16,17). The van der Waals surface area contributed by atoms with Gasteiger partial charge in [0.15, 0.2) is 11.5 Å². The van der Waals surface area contributed by atoms with Crippen LogP contribution in [-0.2, 0) is 9.53 Å². The second-order valence-corrected chi connectivity index (χ2v) is 5.04. The molecule has 0 spiro atoms. The van der Waals surface area contributed by atoms with Crippen LogP contribution in [0.25, 0.3) is 0 Å². The first-order chi connectivity index (χ1) is 9.65. The Morgan fingerprint density at radius 1 is 1.25 bits per heavy atom. The molecule has 6 heteroatoms. The SMILES string of the molecule is CC1OCCC1C(=O)Nc1cc2c(cc1N)OCCO2. The number of ether oxygens (including phenoxy) is 3. The van der Waals surface area contributed by atoms with Gasteiger partial charge in [-0.05, 0) is 13.3 Å². The molecule has 1 fully saturated rings. The number of anilines is 2. The molecule has 1 aromatic carbocycles. The number of hydrogen-bond acceptors (Lipinski definition) is 5. The zero-order valence-electron chi connectivity index (χ0n) is 11.3. The highest BCUT2D eigenvalue weighted by Gasteiger charge is 2.31. The number of rotatable bonds is 2. The number of nitrogens with two attached hydrogens (primary N) is 1. The van der Waals surface area contributed by atoms with Crippen molar-refractivity contribution in [3.63, 3.8) is 0 Å². The summed E-state index contributed by atoms with van der Waals surface area (Å²) >= 11 is 0. The molecule has 1 amide bonds. The van der Waals surface area contributed by atoms with Gasteiger partial charge in [0.05, 0.1) is 23.4 Å². The largest absolute Gasteiger partial charge is 0.486 e. The first-order valence-electron chi connectivity index (χ1n) is 6.77. The molecule has 0 bridgehead atoms. The Balaban J connectivity index is 1.78. The van der Waals surface area contributed by atoms with Crippen molar-refractivity contribution >= 4 is 17.3 Å². The van der Waals surface area contributed by atoms with E-state index >= 15 is 0 Å². The summed E-state index contributed by atoms with van der Waals surface area (Å²) in [6.07, 6.45) is 0.672. The van der Waals surface area contributed by atoms with Crippen LogP contribution in [0.15, 0.2) is 12.1 Å². The fourth-order valence-corrected chi connectivity index (χ4v) is 2.51. The van der Waals surface area contributed by atoms with Gasteiger partial charge in [-0.2, -0.15) is 0 Å². The molecule has 3 N–H and O–H groups in total. The number of carbonyl (C=O) groups excluding carboxylic acids is 1. The van der Waals surface area contributed by atoms with E-state index < -0.39 is 0 Å². The van der Waals surface area contributed by atoms with E-state index in [2.05, 4.69) is 5.32 Å². The van der Waals surface area contributed by atoms with Gasteiger partial charge in [-0.25, -0.2) is 0 Å². The van der Waals surface area contributed by atoms with Crippen LogP contribution in [0.4, 0.5) is 11.4 Å². The van der Waals surface area contributed by atoms with Gasteiger partial charge in [-0.1, -0.05) is 0 Å². The van der Waals surface area contributed by atoms with Crippen LogP contribution in [-0.4, -0.2) is 31.8 Å². The van der Waals surface area contributed by atoms with Crippen LogP contribution < -0.4 is 20.5 Å². The number of hydrogen-bond donors (Lipinski definition) is 2. The second kappa shape index (κ2) is 5.20. The molecule has 0 aromatic heterocycles. The number of amides is 1. The molecule has 0 radical (unpaired) electrons. The summed E-state index contributed by atoms with van der Waals surface area (Å²) in [7, 11) is 0. The smallest absolute Gasteiger partial charge is 0.230 e. The van der Waals surface area contributed by atoms with Crippen LogP contribution in [0, 0.1) is 5.92 Å². The van der Waals surface area contributed by atoms with Crippen molar-refractivity contribution in [1.82, 2.24) is 0 Å². The van der Waals surface area contributed by atoms with E-state index in [4.69, 9.17) is 19.9 Å². The predicted octanol–water partition coefficient (Wildman–Crippen LogP) is 1.40. The predicted molar refractivity (Wildman–Crippen MR) is 74.0 cm³/mol. The first kappa shape index (κ1) is 13.1. The summed E-state index contributed by atoms with van der Waals surface area (Å²) in [5, 5.41) is 2.85. The highest BCUT2D eigenvalue weighted by Crippen LogP contribution is 2.37. The summed E-state index contributed by atoms with van der Waals surface area (Å²) < 4.78 is 16.3. The number of fused-ring (bicyclic) bond motifs is 1. The number of carbonyl (C=O) groups is 1. The quantitative estimate of drug-likeness (QED) is 0.799. The molecule has 2 heterocycles. The van der Waals surface area contributed by atoms with Crippen LogP contribution in [0.5, 0.6) is 11.5 Å². The van der Waals surface area contributed by atoms with Gasteiger partial charge < -0.3 is 25.3 Å². The maximum absolute atomic E-state index is 12.2. The minimum absolute atomic E-state index is 0.0616. The van der Waals surface area contributed by atoms with Crippen molar-refractivity contribution in [2.24, 2.45) is 5.92 Å². The lowest BCUT2D eigenvalue weighted by atomic mass is 10.0. The van der Waals surface area contributed by atoms with Gasteiger partial charge in [0, 0.05) is 18.7 Å². The summed E-state index contributed by atoms with van der Waals surface area (Å²) in [4.78, 5) is 12.2. The molecule has 0 saturated carbocycles. The van der Waals surface area contributed by atoms with E-state index in [9.17, 15) is 4.79 Å². The highest BCUT2D eigenvalue weighted by molar-refractivity contribution is 5.96. The molecular weight excluding hydrogens is 260 g/mol. The van der Waals surface area contributed by atoms with Gasteiger partial charge in [0.25, 0.3) is 0 Å². The molecule has 6 nitrogen and oxygen atoms in total. The molecule has 2 aliphatic heterocycles. The lowest BCUT2D eigenvalue weighted by Crippen LogP contribution is -2.28. The van der Waals surface area contributed by atoms with Crippen LogP contribution in [0.1, 0.15) is 13.3 Å². The fraction of sp³-hybridized carbons (Fsp3) is 0.500. The average Bonchev–Trinajstić information content (AvgIpc) is 2.86. The van der Waals surface area contributed by atoms with Gasteiger partial charge in [0.1, 0.15) is 13.2 Å². The zero-order chi connectivity index (χ0) is 14.1. The van der Waals surface area contributed by atoms with Gasteiger partial charge in [-0.3, -0.25) is 4.79 Å². The molecular formula is C14H18N2O4. The van der Waals surface area contributed by atoms with Crippen molar-refractivity contribution in [3.8, 4) is 11.5 Å². The Morgan fingerprint density at radius 2 is 1.95 bits per heavy atom. The fourth-order valence-electron chi connectivity index (χ4n) is 2.51. The topological polar surface area (TPSA) is 82.8 Å². The van der Waals surface area contributed by atoms with Crippen molar-refractivity contribution in [3.05, 3.63) is 12.1 Å². The molecule has 0 aliphatic carbocycles. The Morgan fingerprint density at radius 3 is 2.60 bits per heavy atom. The van der Waals surface area contributed by atoms with E-state index in [0.717, 1.165) is 6.42 Å². The van der Waals surface area contributed by atoms with Crippen molar-refractivity contribution in [2.75, 3.05) is 30.9 Å². The number of benzene rings is 1. The molecule has 1 saturated heterocycles. The van der Waals surface area contributed by atoms with Gasteiger partial charge in [-0.15, -0.1) is 0 Å². The first-order valence-corrected chi connectivity index (χ1v) is 6.77. The monoisotopic (exact) mass is 278 g/mol. The maximum Gasteiger partial charge on any atom is 0.230 e. The molecule has 2 unspecified atom stereocenters. The third-order valence-electron chi connectivity index (χ3n) is 3.69. The average molecular weight is 278 g/mol. The summed E-state index contributed by atoms with van der Waals surface area (Å²) in [5.41, 5.74) is 6.97. The van der Waals surface area contributed by atoms with Crippen LogP contribution in [0.2, 0.25) is 0 Å². The molecule has 1 aromatic rings. The lowest BCUT2D eigenvalue weighted by Gasteiger charge is -2.21. The summed E-state index contributed by atoms with van der Waals surface area (Å²) in [6.45, 7) is 3.53. The van der Waals surface area contributed by atoms with Crippen molar-refractivity contribution in [2.45, 2.75) is 19.4 Å². The minimum Gasteiger partial charge on any atom is -0.486 e. The zero-order valence-corrected chi connectivity index (χ0v) is 11.3. The third-order valence-corrected chi connectivity index (χ3v) is 3.69. The molecule has 2 aliphatic rings. The Bertz CT molecular complexity index is 532. The second-order valence-electron chi connectivity index (χ2n) is 5.04. The van der Waals surface area contributed by atoms with E-state index in [1.165, 1.54) is 0 Å². The number of nitrogen functional groups attached to an aromatic ring is 1. The van der Waals surface area contributed by atoms with E-state index in [1.54, 1.807) is 12.1 Å². The van der Waals surface area contributed by atoms with Gasteiger partial charge >= 0.3 is 0 Å². The Kier molecular flexibility index (Phi) is 3.40. The van der Waals surface area contributed by atoms with E-state index in [1.807, 2.05) is 6.92 Å². The van der Waals surface area contributed by atoms with Crippen LogP contribution in [0.3, 0.4) is 0 Å². The number of nitrogens with one attached hydrogen (secondary N) is 1. The highest BCUT2D eigenvalue weighted by atomic mass is 16.6. The van der Waals surface area contributed by atoms with Gasteiger partial charge in [0.2, 0.25) is 5.91 Å². The lowest BCUT2D eigenvalue weighted by molar-refractivity contribution is -0.121. The summed E-state index contributed by atoms with van der Waals surface area (Å²) in [5.74, 6) is 1.02. The Hall–Kier alpha value is -1.95. The van der Waals surface area contributed by atoms with Crippen molar-refractivity contribution < 1.29 is 19.0 Å². The molecule has 20 heavy (non-hydrogen) atoms. The maximum atomic E-state index is 12.2. The van der Waals surface area contributed by atoms with E-state index in [-0.39, 0.29) is 17.9 Å². The molecule has 108 valence electrons. The van der Waals surface area contributed by atoms with Crippen molar-refractivity contribution in [1.29, 1.82) is 0 Å².